The van der Waals surface area contributed by atoms with Gasteiger partial charge < -0.3 is 26.2 Å². The summed E-state index contributed by atoms with van der Waals surface area (Å²) in [6, 6.07) is 0. The summed E-state index contributed by atoms with van der Waals surface area (Å²) in [6.45, 7) is 23.4. The smallest absolute Gasteiger partial charge is 0.309 e. The summed E-state index contributed by atoms with van der Waals surface area (Å²) in [4.78, 5) is 71.0. The molecule has 57 heavy (non-hydrogen) atoms. The molecule has 1 heterocycles. The number of hydrogen-bond donors (Lipinski definition) is 4. The highest BCUT2D eigenvalue weighted by molar-refractivity contribution is 7.13. The SMILES string of the molecule is CC(C)C1=C2[C@H]3CC[C@@H]4[C@@]5(C)CC[C@H](OC(=O)C6C[C@@H](C(=O)O)C6(C)C)C(C)(C)[C@@H]5CC[C@@]4(C)[C@]3(C)CC[C@@]2(NC(=O)C(C)(C)NC(=O)c2csc(N)n2)CC1=O. The number of ketones is 1. The largest absolute Gasteiger partial charge is 0.481 e. The first-order valence-electron chi connectivity index (χ1n) is 21.3. The number of anilines is 1. The van der Waals surface area contributed by atoms with E-state index in [-0.39, 0.29) is 74.5 Å². The molecule has 1 unspecified atom stereocenters. The number of aliphatic carboxylic acids is 1. The van der Waals surface area contributed by atoms with Crippen LogP contribution in [0.25, 0.3) is 0 Å². The number of fused-ring (bicyclic) bond motifs is 7. The van der Waals surface area contributed by atoms with Crippen LogP contribution in [0.4, 0.5) is 5.13 Å². The van der Waals surface area contributed by atoms with Gasteiger partial charge in [-0.05, 0) is 128 Å². The molecule has 0 aromatic carbocycles. The van der Waals surface area contributed by atoms with Crippen molar-refractivity contribution in [2.75, 3.05) is 5.73 Å². The Labute approximate surface area is 342 Å². The van der Waals surface area contributed by atoms with E-state index in [4.69, 9.17) is 10.5 Å². The molecule has 0 aliphatic heterocycles. The average molecular weight is 807 g/mol. The molecule has 10 atom stereocenters. The normalized spacial score (nSPS) is 39.2. The number of ether oxygens (including phenoxy) is 1. The van der Waals surface area contributed by atoms with Crippen molar-refractivity contribution < 1.29 is 33.8 Å². The second-order valence-corrected chi connectivity index (χ2v) is 22.6. The summed E-state index contributed by atoms with van der Waals surface area (Å²) in [5.74, 6) is -1.81. The number of hydrogen-bond acceptors (Lipinski definition) is 9. The predicted molar refractivity (Wildman–Crippen MR) is 219 cm³/mol. The molecule has 12 heteroatoms. The third kappa shape index (κ3) is 6.05. The Morgan fingerprint density at radius 2 is 1.60 bits per heavy atom. The molecule has 6 aliphatic carbocycles. The molecule has 5 saturated carbocycles. The van der Waals surface area contributed by atoms with Crippen molar-refractivity contribution in [1.29, 1.82) is 0 Å². The molecule has 0 spiro atoms. The number of allylic oxidation sites excluding steroid dienone is 1. The molecule has 5 fully saturated rings. The van der Waals surface area contributed by atoms with Gasteiger partial charge in [-0.2, -0.15) is 0 Å². The number of nitrogens with zero attached hydrogens (tertiary/aromatic N) is 1. The van der Waals surface area contributed by atoms with Gasteiger partial charge in [0.1, 0.15) is 17.3 Å². The van der Waals surface area contributed by atoms with Crippen molar-refractivity contribution in [2.45, 2.75) is 158 Å². The van der Waals surface area contributed by atoms with Crippen LogP contribution < -0.4 is 16.4 Å². The number of esters is 1. The van der Waals surface area contributed by atoms with Gasteiger partial charge in [-0.3, -0.25) is 24.0 Å². The van der Waals surface area contributed by atoms with Gasteiger partial charge in [0.25, 0.3) is 5.91 Å². The van der Waals surface area contributed by atoms with E-state index in [0.29, 0.717) is 24.7 Å². The zero-order chi connectivity index (χ0) is 42.1. The highest BCUT2D eigenvalue weighted by atomic mass is 32.1. The van der Waals surface area contributed by atoms with Gasteiger partial charge in [0, 0.05) is 17.2 Å². The zero-order valence-electron chi connectivity index (χ0n) is 36.0. The molecule has 11 nitrogen and oxygen atoms in total. The van der Waals surface area contributed by atoms with E-state index in [2.05, 4.69) is 64.1 Å². The summed E-state index contributed by atoms with van der Waals surface area (Å²) in [5.41, 5.74) is 4.86. The molecule has 0 bridgehead atoms. The fourth-order valence-corrected chi connectivity index (χ4v) is 14.6. The maximum atomic E-state index is 14.3. The zero-order valence-corrected chi connectivity index (χ0v) is 36.8. The van der Waals surface area contributed by atoms with Gasteiger partial charge >= 0.3 is 11.9 Å². The number of Topliss-reactive ketones (excluding diaryl/α,β-unsaturated/α-hetero) is 1. The quantitative estimate of drug-likeness (QED) is 0.191. The molecule has 1 aromatic heterocycles. The van der Waals surface area contributed by atoms with Gasteiger partial charge in [-0.1, -0.05) is 62.3 Å². The number of carbonyl (C=O) groups is 5. The highest BCUT2D eigenvalue weighted by Gasteiger charge is 2.71. The molecule has 0 radical (unpaired) electrons. The molecule has 0 saturated heterocycles. The molecule has 5 N–H and O–H groups in total. The summed E-state index contributed by atoms with van der Waals surface area (Å²) in [6.07, 6.45) is 7.60. The van der Waals surface area contributed by atoms with Crippen molar-refractivity contribution in [3.63, 3.8) is 0 Å². The van der Waals surface area contributed by atoms with Crippen molar-refractivity contribution in [1.82, 2.24) is 15.6 Å². The number of aromatic nitrogens is 1. The number of carboxylic acid groups (broad SMARTS) is 1. The minimum atomic E-state index is -1.27. The third-order valence-electron chi connectivity index (χ3n) is 17.6. The molecule has 314 valence electrons. The van der Waals surface area contributed by atoms with Gasteiger partial charge in [0.2, 0.25) is 5.91 Å². The highest BCUT2D eigenvalue weighted by Crippen LogP contribution is 2.76. The van der Waals surface area contributed by atoms with Crippen LogP contribution in [0.15, 0.2) is 16.5 Å². The van der Waals surface area contributed by atoms with Crippen LogP contribution in [-0.4, -0.2) is 56.8 Å². The summed E-state index contributed by atoms with van der Waals surface area (Å²) in [7, 11) is 0. The first kappa shape index (κ1) is 41.9. The Kier molecular flexibility index (Phi) is 9.82. The number of nitrogens with one attached hydrogen (secondary N) is 2. The van der Waals surface area contributed by atoms with Crippen LogP contribution in [0, 0.1) is 62.6 Å². The lowest BCUT2D eigenvalue weighted by Gasteiger charge is -2.72. The molecule has 2 amide bonds. The summed E-state index contributed by atoms with van der Waals surface area (Å²) < 4.78 is 6.40. The lowest BCUT2D eigenvalue weighted by atomic mass is 9.33. The number of carboxylic acids is 1. The average Bonchev–Trinajstić information content (AvgIpc) is 3.65. The van der Waals surface area contributed by atoms with E-state index in [9.17, 15) is 29.1 Å². The third-order valence-corrected chi connectivity index (χ3v) is 18.3. The van der Waals surface area contributed by atoms with E-state index in [1.807, 2.05) is 13.8 Å². The van der Waals surface area contributed by atoms with E-state index in [0.717, 1.165) is 56.1 Å². The predicted octanol–water partition coefficient (Wildman–Crippen LogP) is 7.74. The lowest BCUT2D eigenvalue weighted by molar-refractivity contribution is -0.235. The fourth-order valence-electron chi connectivity index (χ4n) is 14.1. The van der Waals surface area contributed by atoms with Gasteiger partial charge in [-0.25, -0.2) is 4.98 Å². The lowest BCUT2D eigenvalue weighted by Crippen LogP contribution is -2.68. The van der Waals surface area contributed by atoms with Crippen LogP contribution in [-0.2, 0) is 23.9 Å². The van der Waals surface area contributed by atoms with Crippen molar-refractivity contribution >= 4 is 46.0 Å². The monoisotopic (exact) mass is 806 g/mol. The van der Waals surface area contributed by atoms with Crippen molar-refractivity contribution in [3.05, 3.63) is 22.2 Å². The summed E-state index contributed by atoms with van der Waals surface area (Å²) in [5, 5.41) is 17.8. The van der Waals surface area contributed by atoms with Crippen LogP contribution in [0.5, 0.6) is 0 Å². The number of nitrogens with two attached hydrogens (primary N) is 1. The molecular weight excluding hydrogens is 741 g/mol. The van der Waals surface area contributed by atoms with Crippen LogP contribution in [0.1, 0.15) is 151 Å². The minimum Gasteiger partial charge on any atom is -0.481 e. The number of thiazole rings is 1. The number of rotatable bonds is 8. The molecular formula is C45H66N4O7S. The minimum absolute atomic E-state index is 0.00885. The standard InChI is InChI=1S/C45H66N4O7S/c1-23(2)32-28(50)21-45(49-37(55)41(7,8)48-34(51)27-22-57-38(46)47-27)19-18-43(10)24(33(32)45)12-13-30-42(9)16-15-31(40(5,6)29(42)14-17-44(30,43)11)56-36(54)26-20-25(35(52)53)39(26,3)4/h22-26,29-31H,12-21H2,1-11H3,(H2,46,47)(H,48,51)(H,49,55)(H,52,53)/t24-,25+,26?,29+,30-,31+,42+,43-,44-,45-/m1/s1. The number of carbonyl (C=O) groups excluding carboxylic acids is 4. The number of nitrogen functional groups attached to an aromatic ring is 1. The van der Waals surface area contributed by atoms with Crippen molar-refractivity contribution in [3.8, 4) is 0 Å². The Balaban J connectivity index is 1.14. The Morgan fingerprint density at radius 1 is 0.912 bits per heavy atom. The van der Waals surface area contributed by atoms with Crippen LogP contribution >= 0.6 is 11.3 Å². The Morgan fingerprint density at radius 3 is 2.19 bits per heavy atom. The first-order chi connectivity index (χ1) is 26.3. The van der Waals surface area contributed by atoms with Gasteiger partial charge in [0.15, 0.2) is 10.9 Å². The van der Waals surface area contributed by atoms with Gasteiger partial charge in [-0.15, -0.1) is 11.3 Å². The van der Waals surface area contributed by atoms with E-state index in [1.165, 1.54) is 11.3 Å². The van der Waals surface area contributed by atoms with Crippen LogP contribution in [0.2, 0.25) is 0 Å². The van der Waals surface area contributed by atoms with E-state index in [1.54, 1.807) is 19.2 Å². The fraction of sp³-hybridized carbons (Fsp3) is 0.778. The number of amides is 2. The maximum absolute atomic E-state index is 14.3. The second-order valence-electron chi connectivity index (χ2n) is 21.7. The Hall–Kier alpha value is -3.28. The second kappa shape index (κ2) is 13.4. The topological polar surface area (TPSA) is 178 Å². The van der Waals surface area contributed by atoms with Crippen molar-refractivity contribution in [2.24, 2.45) is 62.6 Å². The first-order valence-corrected chi connectivity index (χ1v) is 22.2. The Bertz CT molecular complexity index is 1930. The van der Waals surface area contributed by atoms with Gasteiger partial charge in [0.05, 0.1) is 17.4 Å². The van der Waals surface area contributed by atoms with E-state index >= 15 is 0 Å². The summed E-state index contributed by atoms with van der Waals surface area (Å²) >= 11 is 1.17. The van der Waals surface area contributed by atoms with Crippen LogP contribution in [0.3, 0.4) is 0 Å². The maximum Gasteiger partial charge on any atom is 0.309 e. The molecule has 6 aliphatic rings. The van der Waals surface area contributed by atoms with E-state index < -0.39 is 40.2 Å². The molecule has 7 rings (SSSR count). The molecule has 1 aromatic rings.